The number of aryl methyl sites for hydroxylation is 2. The number of halogens is 1. The topological polar surface area (TPSA) is 53.1 Å². The summed E-state index contributed by atoms with van der Waals surface area (Å²) in [5.74, 6) is 1.15. The third kappa shape index (κ3) is 2.71. The van der Waals surface area contributed by atoms with Crippen LogP contribution in [0.4, 0.5) is 5.82 Å². The molecular formula is C12H14ClN3O. The fraction of sp³-hybridized carbons (Fsp3) is 0.250. The standard InChI is InChI=1S/C12H14ClN3O/c1-8-3-4-11(9(2)5-8)17-7-16-6-10(13)12(14)15-16/h3-6H,7H2,1-2H3,(H2,14,15). The van der Waals surface area contributed by atoms with Gasteiger partial charge in [-0.3, -0.25) is 0 Å². The van der Waals surface area contributed by atoms with Crippen molar-refractivity contribution in [3.05, 3.63) is 40.5 Å². The van der Waals surface area contributed by atoms with E-state index in [0.29, 0.717) is 17.6 Å². The Bertz CT molecular complexity index is 517. The lowest BCUT2D eigenvalue weighted by Gasteiger charge is -2.09. The van der Waals surface area contributed by atoms with Gasteiger partial charge in [-0.05, 0) is 25.5 Å². The summed E-state index contributed by atoms with van der Waals surface area (Å²) in [5.41, 5.74) is 7.84. The highest BCUT2D eigenvalue weighted by atomic mass is 35.5. The fourth-order valence-electron chi connectivity index (χ4n) is 1.58. The Labute approximate surface area is 105 Å². The number of nitrogens with zero attached hydrogens (tertiary/aromatic N) is 2. The van der Waals surface area contributed by atoms with Gasteiger partial charge in [0.25, 0.3) is 0 Å². The molecular weight excluding hydrogens is 238 g/mol. The van der Waals surface area contributed by atoms with Crippen LogP contribution in [0.15, 0.2) is 24.4 Å². The Hall–Kier alpha value is -1.68. The molecule has 17 heavy (non-hydrogen) atoms. The molecule has 0 aliphatic carbocycles. The third-order valence-electron chi connectivity index (χ3n) is 2.43. The zero-order valence-corrected chi connectivity index (χ0v) is 10.5. The van der Waals surface area contributed by atoms with Gasteiger partial charge in [-0.25, -0.2) is 4.68 Å². The van der Waals surface area contributed by atoms with E-state index < -0.39 is 0 Å². The summed E-state index contributed by atoms with van der Waals surface area (Å²) >= 11 is 5.80. The number of nitrogens with two attached hydrogens (primary N) is 1. The predicted molar refractivity (Wildman–Crippen MR) is 68.2 cm³/mol. The highest BCUT2D eigenvalue weighted by Gasteiger charge is 2.04. The number of aromatic nitrogens is 2. The minimum Gasteiger partial charge on any atom is -0.471 e. The highest BCUT2D eigenvalue weighted by molar-refractivity contribution is 6.32. The van der Waals surface area contributed by atoms with Gasteiger partial charge in [0.2, 0.25) is 0 Å². The quantitative estimate of drug-likeness (QED) is 0.913. The lowest BCUT2D eigenvalue weighted by Crippen LogP contribution is -2.06. The minimum absolute atomic E-state index is 0.292. The molecule has 0 saturated heterocycles. The molecule has 2 N–H and O–H groups in total. The summed E-state index contributed by atoms with van der Waals surface area (Å²) in [7, 11) is 0. The van der Waals surface area contributed by atoms with Crippen molar-refractivity contribution < 1.29 is 4.74 Å². The van der Waals surface area contributed by atoms with Gasteiger partial charge in [0, 0.05) is 6.20 Å². The Morgan fingerprint density at radius 1 is 1.41 bits per heavy atom. The molecule has 2 rings (SSSR count). The maximum Gasteiger partial charge on any atom is 0.181 e. The molecule has 2 aromatic rings. The van der Waals surface area contributed by atoms with Gasteiger partial charge in [0.15, 0.2) is 12.5 Å². The Kier molecular flexibility index (Phi) is 3.24. The largest absolute Gasteiger partial charge is 0.471 e. The van der Waals surface area contributed by atoms with Gasteiger partial charge >= 0.3 is 0 Å². The van der Waals surface area contributed by atoms with E-state index in [1.807, 2.05) is 26.0 Å². The van der Waals surface area contributed by atoms with E-state index in [1.54, 1.807) is 10.9 Å². The lowest BCUT2D eigenvalue weighted by atomic mass is 10.1. The number of anilines is 1. The van der Waals surface area contributed by atoms with Crippen LogP contribution in [0.2, 0.25) is 5.02 Å². The number of nitrogen functional groups attached to an aromatic ring is 1. The first-order valence-corrected chi connectivity index (χ1v) is 5.62. The van der Waals surface area contributed by atoms with Crippen molar-refractivity contribution >= 4 is 17.4 Å². The Morgan fingerprint density at radius 3 is 2.76 bits per heavy atom. The second-order valence-electron chi connectivity index (χ2n) is 3.94. The summed E-state index contributed by atoms with van der Waals surface area (Å²) in [5, 5.41) is 4.45. The second-order valence-corrected chi connectivity index (χ2v) is 4.35. The van der Waals surface area contributed by atoms with Crippen LogP contribution in [0.25, 0.3) is 0 Å². The number of hydrogen-bond acceptors (Lipinski definition) is 3. The summed E-state index contributed by atoms with van der Waals surface area (Å²) in [6.45, 7) is 4.35. The molecule has 1 aromatic heterocycles. The van der Waals surface area contributed by atoms with Crippen LogP contribution >= 0.6 is 11.6 Å². The van der Waals surface area contributed by atoms with Gasteiger partial charge in [0.05, 0.1) is 0 Å². The number of benzene rings is 1. The van der Waals surface area contributed by atoms with Crippen molar-refractivity contribution in [1.82, 2.24) is 9.78 Å². The lowest BCUT2D eigenvalue weighted by molar-refractivity contribution is 0.220. The van der Waals surface area contributed by atoms with Gasteiger partial charge in [-0.2, -0.15) is 5.10 Å². The molecule has 0 atom stereocenters. The molecule has 4 nitrogen and oxygen atoms in total. The summed E-state index contributed by atoms with van der Waals surface area (Å²) < 4.78 is 7.20. The molecule has 0 saturated carbocycles. The maximum absolute atomic E-state index is 5.80. The van der Waals surface area contributed by atoms with Crippen LogP contribution in [0, 0.1) is 13.8 Å². The van der Waals surface area contributed by atoms with Crippen molar-refractivity contribution in [2.24, 2.45) is 0 Å². The highest BCUT2D eigenvalue weighted by Crippen LogP contribution is 2.20. The zero-order chi connectivity index (χ0) is 12.4. The van der Waals surface area contributed by atoms with Gasteiger partial charge in [0.1, 0.15) is 10.8 Å². The molecule has 90 valence electrons. The molecule has 0 radical (unpaired) electrons. The molecule has 0 spiro atoms. The van der Waals surface area contributed by atoms with Crippen molar-refractivity contribution in [2.45, 2.75) is 20.6 Å². The van der Waals surface area contributed by atoms with Crippen molar-refractivity contribution in [3.63, 3.8) is 0 Å². The molecule has 5 heteroatoms. The van der Waals surface area contributed by atoms with E-state index in [-0.39, 0.29) is 0 Å². The first-order chi connectivity index (χ1) is 8.06. The number of hydrogen-bond donors (Lipinski definition) is 1. The van der Waals surface area contributed by atoms with Gasteiger partial charge in [-0.15, -0.1) is 0 Å². The molecule has 0 aliphatic rings. The van der Waals surface area contributed by atoms with E-state index >= 15 is 0 Å². The molecule has 1 aromatic carbocycles. The summed E-state index contributed by atoms with van der Waals surface area (Å²) in [6.07, 6.45) is 1.64. The third-order valence-corrected chi connectivity index (χ3v) is 2.72. The average molecular weight is 252 g/mol. The average Bonchev–Trinajstić information content (AvgIpc) is 2.57. The molecule has 0 bridgehead atoms. The minimum atomic E-state index is 0.292. The van der Waals surface area contributed by atoms with Crippen molar-refractivity contribution in [3.8, 4) is 5.75 Å². The zero-order valence-electron chi connectivity index (χ0n) is 9.77. The van der Waals surface area contributed by atoms with Gasteiger partial charge in [-0.1, -0.05) is 29.3 Å². The smallest absolute Gasteiger partial charge is 0.181 e. The van der Waals surface area contributed by atoms with Crippen molar-refractivity contribution in [2.75, 3.05) is 5.73 Å². The van der Waals surface area contributed by atoms with E-state index in [2.05, 4.69) is 11.2 Å². The monoisotopic (exact) mass is 251 g/mol. The molecule has 0 unspecified atom stereocenters. The Balaban J connectivity index is 2.07. The van der Waals surface area contributed by atoms with Crippen LogP contribution < -0.4 is 10.5 Å². The van der Waals surface area contributed by atoms with Crippen LogP contribution in [-0.2, 0) is 6.73 Å². The Morgan fingerprint density at radius 2 is 2.18 bits per heavy atom. The van der Waals surface area contributed by atoms with Crippen LogP contribution in [0.5, 0.6) is 5.75 Å². The summed E-state index contributed by atoms with van der Waals surface area (Å²) in [6, 6.07) is 6.02. The normalized spacial score (nSPS) is 10.5. The maximum atomic E-state index is 5.80. The van der Waals surface area contributed by atoms with Gasteiger partial charge < -0.3 is 10.5 Å². The summed E-state index contributed by atoms with van der Waals surface area (Å²) in [4.78, 5) is 0. The van der Waals surface area contributed by atoms with Crippen LogP contribution in [0.3, 0.4) is 0 Å². The molecule has 0 aliphatic heterocycles. The first-order valence-electron chi connectivity index (χ1n) is 5.25. The van der Waals surface area contributed by atoms with E-state index in [1.165, 1.54) is 5.56 Å². The van der Waals surface area contributed by atoms with Crippen molar-refractivity contribution in [1.29, 1.82) is 0 Å². The second kappa shape index (κ2) is 4.67. The van der Waals surface area contributed by atoms with E-state index in [9.17, 15) is 0 Å². The first kappa shape index (κ1) is 11.8. The molecule has 0 amide bonds. The fourth-order valence-corrected chi connectivity index (χ4v) is 1.73. The predicted octanol–water partition coefficient (Wildman–Crippen LogP) is 2.77. The SMILES string of the molecule is Cc1ccc(OCn2cc(Cl)c(N)n2)c(C)c1. The van der Waals surface area contributed by atoms with E-state index in [4.69, 9.17) is 22.1 Å². The van der Waals surface area contributed by atoms with Crippen LogP contribution in [-0.4, -0.2) is 9.78 Å². The van der Waals surface area contributed by atoms with E-state index in [0.717, 1.165) is 11.3 Å². The number of rotatable bonds is 3. The molecule has 1 heterocycles. The van der Waals surface area contributed by atoms with Crippen LogP contribution in [0.1, 0.15) is 11.1 Å². The molecule has 0 fully saturated rings. The number of ether oxygens (including phenoxy) is 1.